The number of halogens is 6. The minimum Gasteiger partial charge on any atom is -0.365 e. The monoisotopic (exact) mass is 448 g/mol. The summed E-state index contributed by atoms with van der Waals surface area (Å²) < 4.78 is 67.4. The molecule has 0 aliphatic carbocycles. The molecule has 1 unspecified atom stereocenters. The van der Waals surface area contributed by atoms with Crippen LogP contribution in [0, 0.1) is 11.6 Å². The topological polar surface area (TPSA) is 52.9 Å². The molecule has 0 bridgehead atoms. The molecule has 4 nitrogen and oxygen atoms in total. The second kappa shape index (κ2) is 6.68. The summed E-state index contributed by atoms with van der Waals surface area (Å²) in [6, 6.07) is 7.49. The lowest BCUT2D eigenvalue weighted by molar-refractivity contribution is -0.0835. The second-order valence-corrected chi connectivity index (χ2v) is 6.70. The van der Waals surface area contributed by atoms with E-state index in [1.807, 2.05) is 0 Å². The van der Waals surface area contributed by atoms with Crippen LogP contribution < -0.4 is 0 Å². The first-order valence-electron chi connectivity index (χ1n) is 7.45. The number of nitrogens with zero attached hydrogens (tertiary/aromatic N) is 2. The fraction of sp³-hybridized carbons (Fsp3) is 0.176. The Morgan fingerprint density at radius 1 is 1.15 bits per heavy atom. The van der Waals surface area contributed by atoms with E-state index in [4.69, 9.17) is 0 Å². The number of hydrogen-bond donors (Lipinski definition) is 1. The molecule has 3 rings (SSSR count). The van der Waals surface area contributed by atoms with Crippen molar-refractivity contribution in [1.29, 1.82) is 0 Å². The number of amides is 1. The number of carbonyl (C=O) groups is 1. The molecule has 10 heteroatoms. The third kappa shape index (κ3) is 3.59. The van der Waals surface area contributed by atoms with E-state index < -0.39 is 47.1 Å². The Kier molecular flexibility index (Phi) is 4.81. The van der Waals surface area contributed by atoms with Crippen molar-refractivity contribution in [3.05, 3.63) is 69.7 Å². The molecule has 1 heterocycles. The van der Waals surface area contributed by atoms with Gasteiger partial charge < -0.3 is 5.11 Å². The van der Waals surface area contributed by atoms with E-state index in [1.54, 1.807) is 0 Å². The molecule has 2 aromatic rings. The maximum absolute atomic E-state index is 14.2. The summed E-state index contributed by atoms with van der Waals surface area (Å²) in [6.07, 6.45) is -6.14. The smallest absolute Gasteiger partial charge is 0.365 e. The fourth-order valence-corrected chi connectivity index (χ4v) is 2.92. The van der Waals surface area contributed by atoms with Crippen LogP contribution in [0.2, 0.25) is 0 Å². The molecule has 1 amide bonds. The second-order valence-electron chi connectivity index (χ2n) is 5.79. The molecule has 0 radical (unpaired) electrons. The van der Waals surface area contributed by atoms with Gasteiger partial charge in [-0.05, 0) is 36.4 Å². The molecular formula is C17H10BrF5N2O2. The minimum absolute atomic E-state index is 0.0775. The van der Waals surface area contributed by atoms with Crippen LogP contribution in [-0.2, 0) is 5.72 Å². The molecule has 1 aliphatic rings. The summed E-state index contributed by atoms with van der Waals surface area (Å²) in [7, 11) is 0. The highest BCUT2D eigenvalue weighted by atomic mass is 79.9. The largest absolute Gasteiger partial charge is 0.431 e. The first-order valence-corrected chi connectivity index (χ1v) is 8.24. The number of rotatable bonds is 2. The Labute approximate surface area is 158 Å². The first-order chi connectivity index (χ1) is 12.5. The Hall–Kier alpha value is -2.33. The minimum atomic E-state index is -4.95. The quantitative estimate of drug-likeness (QED) is 0.694. The summed E-state index contributed by atoms with van der Waals surface area (Å²) in [6.45, 7) is 0. The average Bonchev–Trinajstić information content (AvgIpc) is 2.93. The van der Waals surface area contributed by atoms with Crippen LogP contribution in [0.1, 0.15) is 22.3 Å². The maximum Gasteiger partial charge on any atom is 0.431 e. The van der Waals surface area contributed by atoms with Crippen molar-refractivity contribution < 1.29 is 31.9 Å². The molecule has 0 saturated carbocycles. The lowest BCUT2D eigenvalue weighted by Gasteiger charge is -2.31. The lowest BCUT2D eigenvalue weighted by Crippen LogP contribution is -2.44. The van der Waals surface area contributed by atoms with Crippen molar-refractivity contribution in [3.8, 4) is 0 Å². The van der Waals surface area contributed by atoms with Gasteiger partial charge in [0.15, 0.2) is 5.72 Å². The maximum atomic E-state index is 14.2. The van der Waals surface area contributed by atoms with Gasteiger partial charge in [0, 0.05) is 21.7 Å². The van der Waals surface area contributed by atoms with Gasteiger partial charge in [0.2, 0.25) is 0 Å². The predicted octanol–water partition coefficient (Wildman–Crippen LogP) is 4.34. The third-order valence-electron chi connectivity index (χ3n) is 3.96. The fourth-order valence-electron chi connectivity index (χ4n) is 2.66. The van der Waals surface area contributed by atoms with Gasteiger partial charge in [0.1, 0.15) is 17.3 Å². The van der Waals surface area contributed by atoms with Crippen molar-refractivity contribution in [1.82, 2.24) is 5.01 Å². The zero-order chi connectivity index (χ0) is 20.0. The summed E-state index contributed by atoms with van der Waals surface area (Å²) in [5.41, 5.74) is -4.99. The highest BCUT2D eigenvalue weighted by molar-refractivity contribution is 9.10. The number of alkyl halides is 3. The summed E-state index contributed by atoms with van der Waals surface area (Å²) >= 11 is 3.15. The van der Waals surface area contributed by atoms with Crippen LogP contribution >= 0.6 is 15.9 Å². The zero-order valence-corrected chi connectivity index (χ0v) is 14.9. The SMILES string of the molecule is O=C(c1ccc(Br)cc1)N1N=C(C(F)(F)F)CC1(O)c1ccc(F)cc1F. The molecule has 27 heavy (non-hydrogen) atoms. The van der Waals surface area contributed by atoms with Crippen LogP contribution in [0.4, 0.5) is 22.0 Å². The lowest BCUT2D eigenvalue weighted by atomic mass is 9.96. The summed E-state index contributed by atoms with van der Waals surface area (Å²) in [5, 5.41) is 14.2. The van der Waals surface area contributed by atoms with Crippen LogP contribution in [-0.4, -0.2) is 27.9 Å². The van der Waals surface area contributed by atoms with Gasteiger partial charge in [0.25, 0.3) is 5.91 Å². The highest BCUT2D eigenvalue weighted by Gasteiger charge is 2.54. The predicted molar refractivity (Wildman–Crippen MR) is 88.7 cm³/mol. The zero-order valence-electron chi connectivity index (χ0n) is 13.3. The van der Waals surface area contributed by atoms with Gasteiger partial charge >= 0.3 is 6.18 Å². The summed E-state index contributed by atoms with van der Waals surface area (Å²) in [5.74, 6) is -3.36. The van der Waals surface area contributed by atoms with E-state index in [9.17, 15) is 31.9 Å². The van der Waals surface area contributed by atoms with E-state index in [2.05, 4.69) is 21.0 Å². The third-order valence-corrected chi connectivity index (χ3v) is 4.49. The van der Waals surface area contributed by atoms with Crippen molar-refractivity contribution in [3.63, 3.8) is 0 Å². The Morgan fingerprint density at radius 2 is 1.78 bits per heavy atom. The van der Waals surface area contributed by atoms with Gasteiger partial charge in [-0.2, -0.15) is 23.3 Å². The molecule has 1 atom stereocenters. The standard InChI is InChI=1S/C17H10BrF5N2O2/c18-10-3-1-9(2-4-10)15(26)25-16(27,8-14(24-25)17(21,22)23)12-6-5-11(19)7-13(12)20/h1-7,27H,8H2. The van der Waals surface area contributed by atoms with Gasteiger partial charge in [0.05, 0.1) is 6.42 Å². The Balaban J connectivity index is 2.11. The van der Waals surface area contributed by atoms with E-state index >= 15 is 0 Å². The van der Waals surface area contributed by atoms with Crippen molar-refractivity contribution >= 4 is 27.5 Å². The van der Waals surface area contributed by atoms with Crippen LogP contribution in [0.3, 0.4) is 0 Å². The van der Waals surface area contributed by atoms with Crippen molar-refractivity contribution in [2.75, 3.05) is 0 Å². The van der Waals surface area contributed by atoms with Gasteiger partial charge in [-0.3, -0.25) is 4.79 Å². The molecular weight excluding hydrogens is 439 g/mol. The molecule has 142 valence electrons. The number of hydrogen-bond acceptors (Lipinski definition) is 3. The number of carbonyl (C=O) groups excluding carboxylic acids is 1. The van der Waals surface area contributed by atoms with Gasteiger partial charge in [-0.15, -0.1) is 0 Å². The van der Waals surface area contributed by atoms with E-state index in [0.29, 0.717) is 10.5 Å². The van der Waals surface area contributed by atoms with Crippen LogP contribution in [0.25, 0.3) is 0 Å². The van der Waals surface area contributed by atoms with Crippen LogP contribution in [0.15, 0.2) is 52.0 Å². The average molecular weight is 449 g/mol. The van der Waals surface area contributed by atoms with Crippen LogP contribution in [0.5, 0.6) is 0 Å². The number of benzene rings is 2. The number of hydrazone groups is 1. The van der Waals surface area contributed by atoms with Crippen molar-refractivity contribution in [2.24, 2.45) is 5.10 Å². The van der Waals surface area contributed by atoms with E-state index in [0.717, 1.165) is 12.1 Å². The van der Waals surface area contributed by atoms with E-state index in [1.165, 1.54) is 24.3 Å². The molecule has 1 aliphatic heterocycles. The highest BCUT2D eigenvalue weighted by Crippen LogP contribution is 2.41. The molecule has 2 aromatic carbocycles. The molecule has 1 N–H and O–H groups in total. The van der Waals surface area contributed by atoms with E-state index in [-0.39, 0.29) is 10.6 Å². The molecule has 0 aromatic heterocycles. The van der Waals surface area contributed by atoms with Gasteiger partial charge in [-0.1, -0.05) is 15.9 Å². The van der Waals surface area contributed by atoms with Gasteiger partial charge in [-0.25, -0.2) is 8.78 Å². The molecule has 0 spiro atoms. The molecule has 0 fully saturated rings. The Morgan fingerprint density at radius 3 is 2.33 bits per heavy atom. The molecule has 0 saturated heterocycles. The Bertz CT molecular complexity index is 930. The summed E-state index contributed by atoms with van der Waals surface area (Å²) in [4.78, 5) is 12.7. The first kappa shape index (κ1) is 19.4. The van der Waals surface area contributed by atoms with Crippen molar-refractivity contribution in [2.45, 2.75) is 18.3 Å². The normalized spacial score (nSPS) is 20.0. The number of aliphatic hydroxyl groups is 1.